The molecule has 0 fully saturated rings. The molecule has 1 aromatic carbocycles. The highest BCUT2D eigenvalue weighted by Gasteiger charge is 2.09. The summed E-state index contributed by atoms with van der Waals surface area (Å²) in [6.07, 6.45) is 3.01. The van der Waals surface area contributed by atoms with E-state index < -0.39 is 0 Å². The van der Waals surface area contributed by atoms with Crippen molar-refractivity contribution < 1.29 is 4.79 Å². The Morgan fingerprint density at radius 3 is 2.68 bits per heavy atom. The molecule has 0 saturated heterocycles. The minimum Gasteiger partial charge on any atom is -0.361 e. The number of aromatic amines is 1. The SMILES string of the molecule is CCC(=O)NC(=NCCc1c[nH]c2ccc(Cl)cc12)Nc1nc(C)cc(C)n1. The number of carbonyl (C=O) groups excluding carboxylic acids is 1. The maximum Gasteiger partial charge on any atom is 0.229 e. The van der Waals surface area contributed by atoms with Crippen molar-refractivity contribution in [2.75, 3.05) is 11.9 Å². The lowest BCUT2D eigenvalue weighted by atomic mass is 10.1. The van der Waals surface area contributed by atoms with Crippen LogP contribution in [0.15, 0.2) is 35.5 Å². The average molecular weight is 399 g/mol. The predicted octanol–water partition coefficient (Wildman–Crippen LogP) is 3.76. The van der Waals surface area contributed by atoms with Crippen molar-refractivity contribution in [3.05, 3.63) is 52.4 Å². The minimum absolute atomic E-state index is 0.130. The maximum absolute atomic E-state index is 11.9. The summed E-state index contributed by atoms with van der Waals surface area (Å²) in [7, 11) is 0. The van der Waals surface area contributed by atoms with Gasteiger partial charge in [-0.25, -0.2) is 9.97 Å². The third-order valence-electron chi connectivity index (χ3n) is 4.17. The van der Waals surface area contributed by atoms with Gasteiger partial charge in [0.2, 0.25) is 17.8 Å². The third-order valence-corrected chi connectivity index (χ3v) is 4.41. The smallest absolute Gasteiger partial charge is 0.229 e. The van der Waals surface area contributed by atoms with E-state index >= 15 is 0 Å². The molecule has 0 radical (unpaired) electrons. The summed E-state index contributed by atoms with van der Waals surface area (Å²) >= 11 is 6.11. The number of amides is 1. The zero-order valence-corrected chi connectivity index (χ0v) is 16.9. The van der Waals surface area contributed by atoms with Crippen molar-refractivity contribution in [2.45, 2.75) is 33.6 Å². The van der Waals surface area contributed by atoms with Gasteiger partial charge in [0.05, 0.1) is 0 Å². The number of aliphatic imine (C=N–C) groups is 1. The largest absolute Gasteiger partial charge is 0.361 e. The lowest BCUT2D eigenvalue weighted by Gasteiger charge is -2.11. The highest BCUT2D eigenvalue weighted by atomic mass is 35.5. The van der Waals surface area contributed by atoms with Gasteiger partial charge in [-0.2, -0.15) is 0 Å². The van der Waals surface area contributed by atoms with Crippen LogP contribution in [0.3, 0.4) is 0 Å². The van der Waals surface area contributed by atoms with E-state index in [4.69, 9.17) is 11.6 Å². The molecular formula is C20H23ClN6O. The highest BCUT2D eigenvalue weighted by Crippen LogP contribution is 2.22. The molecule has 0 saturated carbocycles. The molecule has 3 rings (SSSR count). The van der Waals surface area contributed by atoms with Crippen LogP contribution in [0.2, 0.25) is 5.02 Å². The molecule has 0 aliphatic heterocycles. The van der Waals surface area contributed by atoms with Crippen LogP contribution in [0.1, 0.15) is 30.3 Å². The molecule has 7 nitrogen and oxygen atoms in total. The van der Waals surface area contributed by atoms with Crippen LogP contribution < -0.4 is 10.6 Å². The number of nitrogens with zero attached hydrogens (tertiary/aromatic N) is 3. The third kappa shape index (κ3) is 5.07. The molecule has 28 heavy (non-hydrogen) atoms. The summed E-state index contributed by atoms with van der Waals surface area (Å²) in [6, 6.07) is 7.63. The number of H-pyrrole nitrogens is 1. The number of guanidine groups is 1. The van der Waals surface area contributed by atoms with Crippen molar-refractivity contribution in [1.82, 2.24) is 20.3 Å². The molecule has 0 unspecified atom stereocenters. The highest BCUT2D eigenvalue weighted by molar-refractivity contribution is 6.31. The number of aromatic nitrogens is 3. The lowest BCUT2D eigenvalue weighted by molar-refractivity contribution is -0.119. The van der Waals surface area contributed by atoms with Gasteiger partial charge in [0.15, 0.2) is 0 Å². The number of fused-ring (bicyclic) bond motifs is 1. The fourth-order valence-electron chi connectivity index (χ4n) is 2.86. The summed E-state index contributed by atoms with van der Waals surface area (Å²) in [5, 5.41) is 7.56. The number of carbonyl (C=O) groups is 1. The van der Waals surface area contributed by atoms with E-state index in [9.17, 15) is 4.79 Å². The Bertz CT molecular complexity index is 1010. The van der Waals surface area contributed by atoms with Crippen molar-refractivity contribution in [3.63, 3.8) is 0 Å². The molecular weight excluding hydrogens is 376 g/mol. The molecule has 1 amide bonds. The Labute approximate surface area is 168 Å². The van der Waals surface area contributed by atoms with Crippen LogP contribution in [-0.4, -0.2) is 33.4 Å². The van der Waals surface area contributed by atoms with Crippen molar-refractivity contribution in [2.24, 2.45) is 4.99 Å². The first-order chi connectivity index (χ1) is 13.4. The number of halogens is 1. The number of hydrogen-bond acceptors (Lipinski definition) is 4. The van der Waals surface area contributed by atoms with Crippen molar-refractivity contribution in [1.29, 1.82) is 0 Å². The van der Waals surface area contributed by atoms with E-state index in [1.807, 2.05) is 44.3 Å². The number of nitrogens with one attached hydrogen (secondary N) is 3. The monoisotopic (exact) mass is 398 g/mol. The van der Waals surface area contributed by atoms with E-state index in [2.05, 4.69) is 30.6 Å². The summed E-state index contributed by atoms with van der Waals surface area (Å²) in [5.41, 5.74) is 3.83. The molecule has 0 aliphatic carbocycles. The van der Waals surface area contributed by atoms with E-state index in [0.717, 1.165) is 27.9 Å². The first kappa shape index (κ1) is 19.8. The van der Waals surface area contributed by atoms with Crippen LogP contribution in [0.4, 0.5) is 5.95 Å². The first-order valence-electron chi connectivity index (χ1n) is 9.13. The van der Waals surface area contributed by atoms with Crippen LogP contribution in [0.5, 0.6) is 0 Å². The molecule has 3 N–H and O–H groups in total. The van der Waals surface area contributed by atoms with Crippen LogP contribution in [-0.2, 0) is 11.2 Å². The molecule has 8 heteroatoms. The van der Waals surface area contributed by atoms with Gasteiger partial charge in [-0.05, 0) is 50.1 Å². The first-order valence-corrected chi connectivity index (χ1v) is 9.51. The summed E-state index contributed by atoms with van der Waals surface area (Å²) in [6.45, 7) is 6.05. The van der Waals surface area contributed by atoms with E-state index in [0.29, 0.717) is 36.3 Å². The van der Waals surface area contributed by atoms with Gasteiger partial charge in [0, 0.05) is 46.5 Å². The van der Waals surface area contributed by atoms with Gasteiger partial charge >= 0.3 is 0 Å². The van der Waals surface area contributed by atoms with Gasteiger partial charge in [-0.3, -0.25) is 20.4 Å². The average Bonchev–Trinajstić information content (AvgIpc) is 3.03. The van der Waals surface area contributed by atoms with Crippen LogP contribution in [0, 0.1) is 13.8 Å². The van der Waals surface area contributed by atoms with Gasteiger partial charge in [-0.1, -0.05) is 18.5 Å². The summed E-state index contributed by atoms with van der Waals surface area (Å²) in [5.74, 6) is 0.621. The molecule has 0 spiro atoms. The fourth-order valence-corrected chi connectivity index (χ4v) is 3.04. The minimum atomic E-state index is -0.130. The number of anilines is 1. The van der Waals surface area contributed by atoms with E-state index in [1.165, 1.54) is 0 Å². The predicted molar refractivity (Wildman–Crippen MR) is 113 cm³/mol. The number of aryl methyl sites for hydroxylation is 2. The van der Waals surface area contributed by atoms with Gasteiger partial charge in [-0.15, -0.1) is 0 Å². The second-order valence-corrected chi connectivity index (χ2v) is 6.92. The Morgan fingerprint density at radius 2 is 1.96 bits per heavy atom. The lowest BCUT2D eigenvalue weighted by Crippen LogP contribution is -2.36. The topological polar surface area (TPSA) is 95.1 Å². The zero-order valence-electron chi connectivity index (χ0n) is 16.1. The van der Waals surface area contributed by atoms with Gasteiger partial charge in [0.1, 0.15) is 0 Å². The quantitative estimate of drug-likeness (QED) is 0.450. The Hall–Kier alpha value is -2.93. The molecule has 2 aromatic heterocycles. The molecule has 3 aromatic rings. The van der Waals surface area contributed by atoms with Gasteiger partial charge in [0.25, 0.3) is 0 Å². The molecule has 0 aliphatic rings. The number of benzene rings is 1. The molecule has 2 heterocycles. The number of hydrogen-bond donors (Lipinski definition) is 3. The number of rotatable bonds is 5. The second-order valence-electron chi connectivity index (χ2n) is 6.49. The van der Waals surface area contributed by atoms with Crippen molar-refractivity contribution in [3.8, 4) is 0 Å². The molecule has 146 valence electrons. The Balaban J connectivity index is 1.76. The fraction of sp³-hybridized carbons (Fsp3) is 0.300. The van der Waals surface area contributed by atoms with Crippen LogP contribution in [0.25, 0.3) is 10.9 Å². The molecule has 0 bridgehead atoms. The van der Waals surface area contributed by atoms with E-state index in [-0.39, 0.29) is 5.91 Å². The Morgan fingerprint density at radius 1 is 1.21 bits per heavy atom. The second kappa shape index (κ2) is 8.84. The zero-order chi connectivity index (χ0) is 20.1. The summed E-state index contributed by atoms with van der Waals surface area (Å²) in [4.78, 5) is 28.3. The normalized spacial score (nSPS) is 11.6. The molecule has 0 atom stereocenters. The van der Waals surface area contributed by atoms with E-state index in [1.54, 1.807) is 6.92 Å². The standard InChI is InChI=1S/C20H23ClN6O/c1-4-18(28)26-19(27-20-24-12(2)9-13(3)25-20)22-8-7-14-11-23-17-6-5-15(21)10-16(14)17/h5-6,9-11,23H,4,7-8H2,1-3H3,(H2,22,24,25,26,27,28). The van der Waals surface area contributed by atoms with Crippen molar-refractivity contribution >= 4 is 40.3 Å². The van der Waals surface area contributed by atoms with Crippen LogP contribution >= 0.6 is 11.6 Å². The maximum atomic E-state index is 11.9. The Kier molecular flexibility index (Phi) is 6.26. The summed E-state index contributed by atoms with van der Waals surface area (Å²) < 4.78 is 0. The van der Waals surface area contributed by atoms with Gasteiger partial charge < -0.3 is 4.98 Å².